The highest BCUT2D eigenvalue weighted by atomic mass is 15.3. The Morgan fingerprint density at radius 3 is 1.76 bits per heavy atom. The van der Waals surface area contributed by atoms with Gasteiger partial charge in [0.05, 0.1) is 0 Å². The normalized spacial score (nSPS) is 18.7. The second-order valence-corrected chi connectivity index (χ2v) is 5.24. The summed E-state index contributed by atoms with van der Waals surface area (Å²) in [5.74, 6) is 0. The van der Waals surface area contributed by atoms with Crippen LogP contribution in [0.3, 0.4) is 0 Å². The Bertz CT molecular complexity index is 165. The molecule has 0 aromatic heterocycles. The molecule has 1 fully saturated rings. The molecule has 102 valence electrons. The molecular weight excluding hydrogens is 210 g/mol. The van der Waals surface area contributed by atoms with Crippen LogP contribution in [0.1, 0.15) is 45.4 Å². The Kier molecular flexibility index (Phi) is 8.67. The highest BCUT2D eigenvalue weighted by Gasteiger charge is 2.15. The van der Waals surface area contributed by atoms with Crippen LogP contribution in [0.25, 0.3) is 0 Å². The van der Waals surface area contributed by atoms with Gasteiger partial charge in [-0.3, -0.25) is 0 Å². The lowest BCUT2D eigenvalue weighted by molar-refractivity contribution is 0.129. The summed E-state index contributed by atoms with van der Waals surface area (Å²) in [6.45, 7) is 10.8. The van der Waals surface area contributed by atoms with Gasteiger partial charge in [0.15, 0.2) is 0 Å². The molecule has 3 nitrogen and oxygen atoms in total. The minimum absolute atomic E-state index is 0.845. The van der Waals surface area contributed by atoms with E-state index in [1.807, 2.05) is 0 Å². The van der Waals surface area contributed by atoms with Crippen LogP contribution in [0, 0.1) is 0 Å². The van der Waals surface area contributed by atoms with Crippen molar-refractivity contribution in [2.75, 3.05) is 45.8 Å². The van der Waals surface area contributed by atoms with E-state index >= 15 is 0 Å². The van der Waals surface area contributed by atoms with Crippen molar-refractivity contribution in [3.63, 3.8) is 0 Å². The number of nitrogens with two attached hydrogens (primary N) is 1. The molecule has 0 unspecified atom stereocenters. The molecule has 1 aliphatic heterocycles. The zero-order chi connectivity index (χ0) is 12.3. The van der Waals surface area contributed by atoms with Crippen molar-refractivity contribution in [1.29, 1.82) is 0 Å². The molecular formula is C14H31N3. The van der Waals surface area contributed by atoms with Gasteiger partial charge in [-0.1, -0.05) is 26.2 Å². The predicted octanol–water partition coefficient (Wildman–Crippen LogP) is 1.92. The van der Waals surface area contributed by atoms with Crippen LogP contribution in [0.15, 0.2) is 0 Å². The number of hydrogen-bond acceptors (Lipinski definition) is 3. The summed E-state index contributed by atoms with van der Waals surface area (Å²) in [6.07, 6.45) is 7.99. The summed E-state index contributed by atoms with van der Waals surface area (Å²) < 4.78 is 0. The Labute approximate surface area is 107 Å². The van der Waals surface area contributed by atoms with Crippen LogP contribution in [-0.4, -0.2) is 55.6 Å². The van der Waals surface area contributed by atoms with Gasteiger partial charge in [0.1, 0.15) is 0 Å². The molecule has 0 aromatic rings. The molecule has 1 heterocycles. The summed E-state index contributed by atoms with van der Waals surface area (Å²) in [6, 6.07) is 0. The van der Waals surface area contributed by atoms with E-state index in [1.165, 1.54) is 77.8 Å². The number of nitrogens with zero attached hydrogens (tertiary/aromatic N) is 2. The monoisotopic (exact) mass is 241 g/mol. The standard InChI is InChI=1S/C14H31N3/c1-2-3-4-6-9-16-11-13-17(14-12-16)10-7-5-8-15/h2-15H2,1H3. The fourth-order valence-electron chi connectivity index (χ4n) is 2.48. The van der Waals surface area contributed by atoms with E-state index in [4.69, 9.17) is 5.73 Å². The number of piperazine rings is 1. The highest BCUT2D eigenvalue weighted by molar-refractivity contribution is 4.71. The zero-order valence-electron chi connectivity index (χ0n) is 11.7. The molecule has 0 aromatic carbocycles. The minimum atomic E-state index is 0.845. The Balaban J connectivity index is 1.97. The highest BCUT2D eigenvalue weighted by Crippen LogP contribution is 2.06. The molecule has 0 radical (unpaired) electrons. The molecule has 0 saturated carbocycles. The quantitative estimate of drug-likeness (QED) is 0.626. The number of unbranched alkanes of at least 4 members (excludes halogenated alkanes) is 4. The van der Waals surface area contributed by atoms with Crippen molar-refractivity contribution in [2.45, 2.75) is 45.4 Å². The molecule has 2 N–H and O–H groups in total. The summed E-state index contributed by atoms with van der Waals surface area (Å²) in [7, 11) is 0. The van der Waals surface area contributed by atoms with Gasteiger partial charge < -0.3 is 15.5 Å². The lowest BCUT2D eigenvalue weighted by Gasteiger charge is -2.34. The van der Waals surface area contributed by atoms with E-state index in [0.717, 1.165) is 6.54 Å². The molecule has 1 saturated heterocycles. The largest absolute Gasteiger partial charge is 0.330 e. The average molecular weight is 241 g/mol. The Hall–Kier alpha value is -0.120. The van der Waals surface area contributed by atoms with Gasteiger partial charge in [-0.2, -0.15) is 0 Å². The molecule has 0 atom stereocenters. The van der Waals surface area contributed by atoms with Crippen LogP contribution < -0.4 is 5.73 Å². The maximum Gasteiger partial charge on any atom is 0.0110 e. The maximum absolute atomic E-state index is 5.52. The Morgan fingerprint density at radius 2 is 1.29 bits per heavy atom. The van der Waals surface area contributed by atoms with E-state index in [0.29, 0.717) is 0 Å². The third-order valence-electron chi connectivity index (χ3n) is 3.72. The van der Waals surface area contributed by atoms with Crippen LogP contribution in [0.5, 0.6) is 0 Å². The molecule has 17 heavy (non-hydrogen) atoms. The predicted molar refractivity (Wildman–Crippen MR) is 75.3 cm³/mol. The van der Waals surface area contributed by atoms with Gasteiger partial charge in [-0.15, -0.1) is 0 Å². The van der Waals surface area contributed by atoms with Crippen molar-refractivity contribution in [1.82, 2.24) is 9.80 Å². The van der Waals surface area contributed by atoms with Crippen molar-refractivity contribution in [3.05, 3.63) is 0 Å². The van der Waals surface area contributed by atoms with Crippen molar-refractivity contribution in [2.24, 2.45) is 5.73 Å². The van der Waals surface area contributed by atoms with Crippen LogP contribution >= 0.6 is 0 Å². The summed E-state index contributed by atoms with van der Waals surface area (Å²) in [4.78, 5) is 5.23. The van der Waals surface area contributed by atoms with E-state index < -0.39 is 0 Å². The number of hydrogen-bond donors (Lipinski definition) is 1. The van der Waals surface area contributed by atoms with E-state index in [-0.39, 0.29) is 0 Å². The van der Waals surface area contributed by atoms with Gasteiger partial charge in [-0.05, 0) is 38.9 Å². The van der Waals surface area contributed by atoms with E-state index in [2.05, 4.69) is 16.7 Å². The summed E-state index contributed by atoms with van der Waals surface area (Å²) in [5, 5.41) is 0. The second-order valence-electron chi connectivity index (χ2n) is 5.24. The molecule has 0 bridgehead atoms. The third kappa shape index (κ3) is 7.02. The maximum atomic E-state index is 5.52. The first-order valence-electron chi connectivity index (χ1n) is 7.51. The fourth-order valence-corrected chi connectivity index (χ4v) is 2.48. The van der Waals surface area contributed by atoms with Gasteiger partial charge in [0.2, 0.25) is 0 Å². The van der Waals surface area contributed by atoms with E-state index in [9.17, 15) is 0 Å². The van der Waals surface area contributed by atoms with Gasteiger partial charge in [0, 0.05) is 26.2 Å². The lowest BCUT2D eigenvalue weighted by Crippen LogP contribution is -2.46. The molecule has 0 aliphatic carbocycles. The number of rotatable bonds is 9. The van der Waals surface area contributed by atoms with Crippen molar-refractivity contribution in [3.8, 4) is 0 Å². The van der Waals surface area contributed by atoms with Gasteiger partial charge in [-0.25, -0.2) is 0 Å². The summed E-state index contributed by atoms with van der Waals surface area (Å²) in [5.41, 5.74) is 5.52. The zero-order valence-corrected chi connectivity index (χ0v) is 11.7. The van der Waals surface area contributed by atoms with Crippen molar-refractivity contribution < 1.29 is 0 Å². The van der Waals surface area contributed by atoms with Gasteiger partial charge in [0.25, 0.3) is 0 Å². The first kappa shape index (κ1) is 14.9. The lowest BCUT2D eigenvalue weighted by atomic mass is 10.2. The van der Waals surface area contributed by atoms with Gasteiger partial charge >= 0.3 is 0 Å². The molecule has 0 spiro atoms. The fraction of sp³-hybridized carbons (Fsp3) is 1.00. The molecule has 1 aliphatic rings. The SMILES string of the molecule is CCCCCCN1CCN(CCCCN)CC1. The third-order valence-corrected chi connectivity index (χ3v) is 3.72. The Morgan fingerprint density at radius 1 is 0.765 bits per heavy atom. The smallest absolute Gasteiger partial charge is 0.0110 e. The minimum Gasteiger partial charge on any atom is -0.330 e. The first-order valence-corrected chi connectivity index (χ1v) is 7.51. The van der Waals surface area contributed by atoms with Crippen LogP contribution in [0.2, 0.25) is 0 Å². The second kappa shape index (κ2) is 9.86. The topological polar surface area (TPSA) is 32.5 Å². The average Bonchev–Trinajstić information content (AvgIpc) is 2.37. The van der Waals surface area contributed by atoms with Crippen LogP contribution in [0.4, 0.5) is 0 Å². The molecule has 0 amide bonds. The van der Waals surface area contributed by atoms with Crippen LogP contribution in [-0.2, 0) is 0 Å². The van der Waals surface area contributed by atoms with Crippen molar-refractivity contribution >= 4 is 0 Å². The van der Waals surface area contributed by atoms with E-state index in [1.54, 1.807) is 0 Å². The molecule has 1 rings (SSSR count). The molecule has 3 heteroatoms. The summed E-state index contributed by atoms with van der Waals surface area (Å²) >= 11 is 0. The first-order chi connectivity index (χ1) is 8.36.